The lowest BCUT2D eigenvalue weighted by molar-refractivity contribution is 0.159. The lowest BCUT2D eigenvalue weighted by Crippen LogP contribution is -2.37. The van der Waals surface area contributed by atoms with Crippen LogP contribution in [0.15, 0.2) is 30.3 Å². The van der Waals surface area contributed by atoms with Crippen LogP contribution >= 0.6 is 0 Å². The van der Waals surface area contributed by atoms with E-state index in [1.54, 1.807) is 0 Å². The van der Waals surface area contributed by atoms with Crippen LogP contribution in [-0.2, 0) is 4.43 Å². The van der Waals surface area contributed by atoms with E-state index in [2.05, 4.69) is 56.1 Å². The van der Waals surface area contributed by atoms with Gasteiger partial charge < -0.3 is 9.74 Å². The second kappa shape index (κ2) is 5.62. The highest BCUT2D eigenvalue weighted by Gasteiger charge is 2.25. The van der Waals surface area contributed by atoms with Gasteiger partial charge in [-0.15, -0.1) is 0 Å². The summed E-state index contributed by atoms with van der Waals surface area (Å²) in [6.45, 7) is 8.85. The number of nitrogens with one attached hydrogen (secondary N) is 1. The molecule has 0 aliphatic rings. The summed E-state index contributed by atoms with van der Waals surface area (Å²) in [7, 11) is 0.458. The highest BCUT2D eigenvalue weighted by Crippen LogP contribution is 2.25. The van der Waals surface area contributed by atoms with Gasteiger partial charge in [-0.2, -0.15) is 0 Å². The van der Waals surface area contributed by atoms with Crippen LogP contribution in [0.5, 0.6) is 0 Å². The van der Waals surface area contributed by atoms with Crippen molar-refractivity contribution in [3.63, 3.8) is 0 Å². The molecular formula is C13H23NOSi. The normalized spacial score (nSPS) is 15.8. The lowest BCUT2D eigenvalue weighted by Gasteiger charge is -2.31. The maximum absolute atomic E-state index is 6.25. The molecule has 3 heteroatoms. The van der Waals surface area contributed by atoms with E-state index in [1.165, 1.54) is 5.56 Å². The molecule has 2 atom stereocenters. The summed E-state index contributed by atoms with van der Waals surface area (Å²) in [6, 6.07) is 10.8. The number of hydrogen-bond donors (Lipinski definition) is 1. The van der Waals surface area contributed by atoms with Gasteiger partial charge in [0.05, 0.1) is 6.10 Å². The molecule has 0 aliphatic heterocycles. The summed E-state index contributed by atoms with van der Waals surface area (Å²) in [5.41, 5.74) is 1.26. The van der Waals surface area contributed by atoms with Gasteiger partial charge in [0.2, 0.25) is 0 Å². The Hall–Kier alpha value is -0.643. The SMILES string of the molecule is CN[C@@H](C)[C@H](O[Si](C)(C)C)c1ccccc1. The molecule has 0 spiro atoms. The van der Waals surface area contributed by atoms with Crippen LogP contribution in [0, 0.1) is 0 Å². The van der Waals surface area contributed by atoms with Crippen molar-refractivity contribution >= 4 is 8.32 Å². The van der Waals surface area contributed by atoms with Crippen molar-refractivity contribution in [1.29, 1.82) is 0 Å². The van der Waals surface area contributed by atoms with Crippen molar-refractivity contribution in [1.82, 2.24) is 5.32 Å². The fourth-order valence-electron chi connectivity index (χ4n) is 1.63. The highest BCUT2D eigenvalue weighted by molar-refractivity contribution is 6.69. The molecule has 16 heavy (non-hydrogen) atoms. The Bertz CT molecular complexity index is 307. The molecule has 0 amide bonds. The van der Waals surface area contributed by atoms with Crippen molar-refractivity contribution in [2.24, 2.45) is 0 Å². The minimum absolute atomic E-state index is 0.151. The highest BCUT2D eigenvalue weighted by atomic mass is 28.4. The van der Waals surface area contributed by atoms with E-state index >= 15 is 0 Å². The molecule has 0 aliphatic carbocycles. The molecular weight excluding hydrogens is 214 g/mol. The third-order valence-corrected chi connectivity index (χ3v) is 3.48. The van der Waals surface area contributed by atoms with E-state index in [9.17, 15) is 0 Å². The quantitative estimate of drug-likeness (QED) is 0.794. The predicted molar refractivity (Wildman–Crippen MR) is 72.1 cm³/mol. The first-order valence-electron chi connectivity index (χ1n) is 5.84. The molecule has 0 saturated carbocycles. The molecule has 2 nitrogen and oxygen atoms in total. The molecule has 1 aromatic carbocycles. The van der Waals surface area contributed by atoms with E-state index in [0.717, 1.165) is 0 Å². The van der Waals surface area contributed by atoms with Gasteiger partial charge in [0.15, 0.2) is 8.32 Å². The van der Waals surface area contributed by atoms with Crippen LogP contribution in [0.4, 0.5) is 0 Å². The van der Waals surface area contributed by atoms with Gasteiger partial charge in [-0.1, -0.05) is 30.3 Å². The van der Waals surface area contributed by atoms with Gasteiger partial charge in [0.1, 0.15) is 0 Å². The van der Waals surface area contributed by atoms with E-state index in [-0.39, 0.29) is 6.10 Å². The van der Waals surface area contributed by atoms with Gasteiger partial charge in [-0.25, -0.2) is 0 Å². The average molecular weight is 237 g/mol. The molecule has 90 valence electrons. The molecule has 0 heterocycles. The van der Waals surface area contributed by atoms with E-state index in [0.29, 0.717) is 6.04 Å². The summed E-state index contributed by atoms with van der Waals surface area (Å²) in [6.07, 6.45) is 0.151. The Kier molecular flexibility index (Phi) is 4.71. The number of likely N-dealkylation sites (N-methyl/N-ethyl adjacent to an activating group) is 1. The summed E-state index contributed by atoms with van der Waals surface area (Å²) in [4.78, 5) is 0. The molecule has 1 rings (SSSR count). The van der Waals surface area contributed by atoms with Crippen LogP contribution in [-0.4, -0.2) is 21.4 Å². The maximum atomic E-state index is 6.25. The lowest BCUT2D eigenvalue weighted by atomic mass is 10.0. The minimum Gasteiger partial charge on any atom is -0.409 e. The zero-order chi connectivity index (χ0) is 12.2. The number of rotatable bonds is 5. The summed E-state index contributed by atoms with van der Waals surface area (Å²) in [5, 5.41) is 3.28. The monoisotopic (exact) mass is 237 g/mol. The van der Waals surface area contributed by atoms with Crippen LogP contribution in [0.25, 0.3) is 0 Å². The number of benzene rings is 1. The van der Waals surface area contributed by atoms with Crippen LogP contribution in [0.3, 0.4) is 0 Å². The fraction of sp³-hybridized carbons (Fsp3) is 0.538. The third-order valence-electron chi connectivity index (χ3n) is 2.52. The zero-order valence-corrected chi connectivity index (χ0v) is 11.9. The van der Waals surface area contributed by atoms with Gasteiger partial charge in [-0.3, -0.25) is 0 Å². The summed E-state index contributed by atoms with van der Waals surface area (Å²) < 4.78 is 6.25. The predicted octanol–water partition coefficient (Wildman–Crippen LogP) is 3.19. The third kappa shape index (κ3) is 4.08. The fourth-order valence-corrected chi connectivity index (χ4v) is 2.74. The Balaban J connectivity index is 2.88. The van der Waals surface area contributed by atoms with Crippen molar-refractivity contribution in [2.45, 2.75) is 38.7 Å². The van der Waals surface area contributed by atoms with Gasteiger partial charge in [-0.05, 0) is 39.2 Å². The molecule has 0 fully saturated rings. The first-order chi connectivity index (χ1) is 7.44. The first-order valence-corrected chi connectivity index (χ1v) is 9.25. The van der Waals surface area contributed by atoms with E-state index < -0.39 is 8.32 Å². The molecule has 0 saturated heterocycles. The molecule has 0 unspecified atom stereocenters. The van der Waals surface area contributed by atoms with Crippen LogP contribution in [0.2, 0.25) is 19.6 Å². The second-order valence-electron chi connectivity index (χ2n) is 5.14. The Morgan fingerprint density at radius 1 is 1.12 bits per heavy atom. The van der Waals surface area contributed by atoms with Crippen molar-refractivity contribution < 1.29 is 4.43 Å². The summed E-state index contributed by atoms with van der Waals surface area (Å²) in [5.74, 6) is 0. The second-order valence-corrected chi connectivity index (χ2v) is 9.60. The standard InChI is InChI=1S/C13H23NOSi/c1-11(14-2)13(15-16(3,4)5)12-9-7-6-8-10-12/h6-11,13-14H,1-5H3/t11-,13-/m0/s1. The molecule has 0 aromatic heterocycles. The van der Waals surface area contributed by atoms with Crippen LogP contribution < -0.4 is 5.32 Å². The largest absolute Gasteiger partial charge is 0.409 e. The molecule has 0 bridgehead atoms. The molecule has 0 radical (unpaired) electrons. The first kappa shape index (κ1) is 13.4. The van der Waals surface area contributed by atoms with Crippen molar-refractivity contribution in [3.8, 4) is 0 Å². The topological polar surface area (TPSA) is 21.3 Å². The molecule has 1 N–H and O–H groups in total. The van der Waals surface area contributed by atoms with Crippen LogP contribution in [0.1, 0.15) is 18.6 Å². The zero-order valence-electron chi connectivity index (χ0n) is 10.9. The van der Waals surface area contributed by atoms with E-state index in [4.69, 9.17) is 4.43 Å². The van der Waals surface area contributed by atoms with Crippen molar-refractivity contribution in [2.75, 3.05) is 7.05 Å². The Morgan fingerprint density at radius 2 is 1.69 bits per heavy atom. The van der Waals surface area contributed by atoms with Gasteiger partial charge in [0.25, 0.3) is 0 Å². The molecule has 1 aromatic rings. The number of hydrogen-bond acceptors (Lipinski definition) is 2. The Morgan fingerprint density at radius 3 is 2.12 bits per heavy atom. The smallest absolute Gasteiger partial charge is 0.184 e. The van der Waals surface area contributed by atoms with Gasteiger partial charge >= 0.3 is 0 Å². The average Bonchev–Trinajstić information content (AvgIpc) is 2.25. The summed E-state index contributed by atoms with van der Waals surface area (Å²) >= 11 is 0. The Labute approximate surface area is 100 Å². The van der Waals surface area contributed by atoms with Gasteiger partial charge in [0, 0.05) is 6.04 Å². The minimum atomic E-state index is -1.52. The maximum Gasteiger partial charge on any atom is 0.184 e. The van der Waals surface area contributed by atoms with Crippen molar-refractivity contribution in [3.05, 3.63) is 35.9 Å². The van der Waals surface area contributed by atoms with E-state index in [1.807, 2.05) is 13.1 Å².